The van der Waals surface area contributed by atoms with E-state index in [4.69, 9.17) is 0 Å². The molecule has 22 heavy (non-hydrogen) atoms. The van der Waals surface area contributed by atoms with Crippen LogP contribution in [-0.2, 0) is 11.2 Å². The van der Waals surface area contributed by atoms with Gasteiger partial charge in [-0.15, -0.1) is 0 Å². The van der Waals surface area contributed by atoms with Crippen molar-refractivity contribution < 1.29 is 4.79 Å². The van der Waals surface area contributed by atoms with Crippen molar-refractivity contribution in [3.8, 4) is 0 Å². The summed E-state index contributed by atoms with van der Waals surface area (Å²) < 4.78 is 1.91. The van der Waals surface area contributed by atoms with E-state index in [0.717, 1.165) is 18.7 Å². The largest absolute Gasteiger partial charge is 0.311 e. The number of hydrogen-bond acceptors (Lipinski definition) is 3. The second kappa shape index (κ2) is 6.32. The molecule has 1 aliphatic rings. The van der Waals surface area contributed by atoms with Crippen LogP contribution in [0.3, 0.4) is 0 Å². The highest BCUT2D eigenvalue weighted by Gasteiger charge is 2.24. The molecular weight excluding hydrogens is 276 g/mol. The number of amides is 1. The maximum Gasteiger partial charge on any atom is 0.240 e. The predicted molar refractivity (Wildman–Crippen MR) is 86.9 cm³/mol. The van der Waals surface area contributed by atoms with Crippen molar-refractivity contribution in [2.75, 3.05) is 18.0 Å². The molecule has 116 valence electrons. The number of para-hydroxylation sites is 1. The van der Waals surface area contributed by atoms with Gasteiger partial charge in [-0.3, -0.25) is 9.48 Å². The van der Waals surface area contributed by atoms with Gasteiger partial charge in [-0.25, -0.2) is 0 Å². The predicted octanol–water partition coefficient (Wildman–Crippen LogP) is 2.01. The molecule has 5 nitrogen and oxygen atoms in total. The third-order valence-corrected chi connectivity index (χ3v) is 4.43. The van der Waals surface area contributed by atoms with Crippen molar-refractivity contribution in [3.63, 3.8) is 0 Å². The summed E-state index contributed by atoms with van der Waals surface area (Å²) >= 11 is 0. The Morgan fingerprint density at radius 3 is 2.91 bits per heavy atom. The maximum absolute atomic E-state index is 12.5. The van der Waals surface area contributed by atoms with Crippen molar-refractivity contribution in [1.29, 1.82) is 0 Å². The lowest BCUT2D eigenvalue weighted by Gasteiger charge is -2.23. The van der Waals surface area contributed by atoms with Crippen molar-refractivity contribution in [2.45, 2.75) is 32.4 Å². The Morgan fingerprint density at radius 1 is 1.32 bits per heavy atom. The fraction of sp³-hybridized carbons (Fsp3) is 0.412. The molecule has 0 unspecified atom stereocenters. The average molecular weight is 298 g/mol. The fourth-order valence-electron chi connectivity index (χ4n) is 2.86. The summed E-state index contributed by atoms with van der Waals surface area (Å²) in [6.45, 7) is 5.31. The number of fused-ring (bicyclic) bond motifs is 1. The summed E-state index contributed by atoms with van der Waals surface area (Å²) in [5, 5.41) is 7.58. The van der Waals surface area contributed by atoms with Crippen LogP contribution in [0.2, 0.25) is 0 Å². The fourth-order valence-corrected chi connectivity index (χ4v) is 2.86. The lowest BCUT2D eigenvalue weighted by atomic mass is 10.1. The Hall–Kier alpha value is -2.14. The van der Waals surface area contributed by atoms with Crippen molar-refractivity contribution in [3.05, 3.63) is 48.3 Å². The highest BCUT2D eigenvalue weighted by Crippen LogP contribution is 2.27. The molecule has 2 atom stereocenters. The minimum atomic E-state index is 0.129. The molecule has 0 bridgehead atoms. The van der Waals surface area contributed by atoms with Crippen LogP contribution in [-0.4, -0.2) is 34.8 Å². The van der Waals surface area contributed by atoms with E-state index in [9.17, 15) is 4.79 Å². The molecule has 1 aromatic carbocycles. The summed E-state index contributed by atoms with van der Waals surface area (Å²) in [6, 6.07) is 10.4. The second-order valence-electron chi connectivity index (χ2n) is 5.82. The van der Waals surface area contributed by atoms with Gasteiger partial charge < -0.3 is 10.2 Å². The van der Waals surface area contributed by atoms with E-state index < -0.39 is 0 Å². The van der Waals surface area contributed by atoms with Gasteiger partial charge in [-0.2, -0.15) is 5.10 Å². The zero-order chi connectivity index (χ0) is 15.5. The van der Waals surface area contributed by atoms with Crippen LogP contribution in [0.4, 0.5) is 5.69 Å². The number of hydrogen-bond donors (Lipinski definition) is 1. The van der Waals surface area contributed by atoms with Crippen LogP contribution in [0.5, 0.6) is 0 Å². The molecule has 2 heterocycles. The number of rotatable bonds is 5. The Labute approximate surface area is 130 Å². The van der Waals surface area contributed by atoms with Gasteiger partial charge >= 0.3 is 0 Å². The first-order chi connectivity index (χ1) is 10.7. The van der Waals surface area contributed by atoms with E-state index in [2.05, 4.69) is 30.3 Å². The highest BCUT2D eigenvalue weighted by molar-refractivity contribution is 5.96. The Kier molecular flexibility index (Phi) is 4.24. The molecule has 1 amide bonds. The van der Waals surface area contributed by atoms with Gasteiger partial charge in [0.15, 0.2) is 0 Å². The number of aromatic nitrogens is 2. The molecule has 1 N–H and O–H groups in total. The molecule has 1 aliphatic heterocycles. The summed E-state index contributed by atoms with van der Waals surface area (Å²) in [6.07, 6.45) is 4.66. The van der Waals surface area contributed by atoms with E-state index >= 15 is 0 Å². The lowest BCUT2D eigenvalue weighted by Crippen LogP contribution is -2.42. The van der Waals surface area contributed by atoms with Gasteiger partial charge in [0.25, 0.3) is 0 Å². The van der Waals surface area contributed by atoms with E-state index in [1.165, 1.54) is 5.56 Å². The number of anilines is 1. The molecular formula is C17H22N4O. The first-order valence-corrected chi connectivity index (χ1v) is 7.77. The number of carbonyl (C=O) groups is 1. The molecule has 0 saturated carbocycles. The van der Waals surface area contributed by atoms with Gasteiger partial charge in [0, 0.05) is 30.7 Å². The summed E-state index contributed by atoms with van der Waals surface area (Å²) in [4.78, 5) is 14.3. The van der Waals surface area contributed by atoms with E-state index in [0.29, 0.717) is 6.54 Å². The minimum absolute atomic E-state index is 0.129. The van der Waals surface area contributed by atoms with Gasteiger partial charge in [0.05, 0.1) is 12.6 Å². The topological polar surface area (TPSA) is 50.2 Å². The van der Waals surface area contributed by atoms with E-state index in [1.54, 1.807) is 6.20 Å². The quantitative estimate of drug-likeness (QED) is 0.918. The molecule has 0 spiro atoms. The number of benzene rings is 1. The normalized spacial score (nSPS) is 16.4. The van der Waals surface area contributed by atoms with Crippen LogP contribution >= 0.6 is 0 Å². The maximum atomic E-state index is 12.5. The van der Waals surface area contributed by atoms with Crippen LogP contribution < -0.4 is 10.2 Å². The zero-order valence-electron chi connectivity index (χ0n) is 13.1. The van der Waals surface area contributed by atoms with Gasteiger partial charge in [-0.05, 0) is 38.0 Å². The molecule has 5 heteroatoms. The molecule has 3 rings (SSSR count). The average Bonchev–Trinajstić information content (AvgIpc) is 3.20. The molecule has 0 aliphatic carbocycles. The third kappa shape index (κ3) is 2.90. The SMILES string of the molecule is C[C@H]([C@@H](C)NCC(=O)N1CCc2ccccc21)n1cccn1. The molecule has 1 aromatic heterocycles. The Balaban J connectivity index is 1.57. The number of carbonyl (C=O) groups excluding carboxylic acids is 1. The van der Waals surface area contributed by atoms with E-state index in [1.807, 2.05) is 40.0 Å². The standard InChI is InChI=1S/C17H22N4O/c1-13(14(2)21-10-5-9-19-21)18-12-17(22)20-11-8-15-6-3-4-7-16(15)20/h3-7,9-10,13-14,18H,8,11-12H2,1-2H3/t13-,14-/m1/s1. The molecule has 0 saturated heterocycles. The number of nitrogens with zero attached hydrogens (tertiary/aromatic N) is 3. The monoisotopic (exact) mass is 298 g/mol. The molecule has 2 aromatic rings. The van der Waals surface area contributed by atoms with Crippen LogP contribution in [0.1, 0.15) is 25.5 Å². The van der Waals surface area contributed by atoms with Gasteiger partial charge in [0.2, 0.25) is 5.91 Å². The van der Waals surface area contributed by atoms with Crippen molar-refractivity contribution >= 4 is 11.6 Å². The summed E-state index contributed by atoms with van der Waals surface area (Å²) in [7, 11) is 0. The van der Waals surface area contributed by atoms with Crippen LogP contribution in [0, 0.1) is 0 Å². The lowest BCUT2D eigenvalue weighted by molar-refractivity contribution is -0.117. The van der Waals surface area contributed by atoms with Crippen LogP contribution in [0.25, 0.3) is 0 Å². The Bertz CT molecular complexity index is 638. The first-order valence-electron chi connectivity index (χ1n) is 7.77. The number of nitrogens with one attached hydrogen (secondary N) is 1. The van der Waals surface area contributed by atoms with Gasteiger partial charge in [-0.1, -0.05) is 18.2 Å². The highest BCUT2D eigenvalue weighted by atomic mass is 16.2. The molecule has 0 radical (unpaired) electrons. The molecule has 0 fully saturated rings. The zero-order valence-corrected chi connectivity index (χ0v) is 13.1. The van der Waals surface area contributed by atoms with Crippen molar-refractivity contribution in [2.24, 2.45) is 0 Å². The Morgan fingerprint density at radius 2 is 2.14 bits per heavy atom. The van der Waals surface area contributed by atoms with Gasteiger partial charge in [0.1, 0.15) is 0 Å². The van der Waals surface area contributed by atoms with Crippen molar-refractivity contribution in [1.82, 2.24) is 15.1 Å². The third-order valence-electron chi connectivity index (χ3n) is 4.43. The minimum Gasteiger partial charge on any atom is -0.311 e. The second-order valence-corrected chi connectivity index (χ2v) is 5.82. The summed E-state index contributed by atoms with van der Waals surface area (Å²) in [5.41, 5.74) is 2.32. The smallest absolute Gasteiger partial charge is 0.240 e. The summed E-state index contributed by atoms with van der Waals surface area (Å²) in [5.74, 6) is 0.129. The van der Waals surface area contributed by atoms with Crippen LogP contribution in [0.15, 0.2) is 42.7 Å². The first kappa shape index (κ1) is 14.8. The van der Waals surface area contributed by atoms with E-state index in [-0.39, 0.29) is 18.0 Å².